The lowest BCUT2D eigenvalue weighted by atomic mass is 10.0. The number of nitrogens with one attached hydrogen (secondary N) is 1. The second kappa shape index (κ2) is 5.93. The van der Waals surface area contributed by atoms with Crippen molar-refractivity contribution in [3.05, 3.63) is 83.4 Å². The van der Waals surface area contributed by atoms with Gasteiger partial charge in [0.25, 0.3) is 0 Å². The van der Waals surface area contributed by atoms with E-state index in [4.69, 9.17) is 4.74 Å². The second-order valence-corrected chi connectivity index (χ2v) is 7.90. The molecule has 2 aromatic heterocycles. The van der Waals surface area contributed by atoms with E-state index in [1.54, 1.807) is 6.07 Å². The number of hydrogen-bond acceptors (Lipinski definition) is 2. The summed E-state index contributed by atoms with van der Waals surface area (Å²) in [7, 11) is 0. The first-order chi connectivity index (χ1) is 13.7. The van der Waals surface area contributed by atoms with Gasteiger partial charge in [0.2, 0.25) is 0 Å². The lowest BCUT2D eigenvalue weighted by molar-refractivity contribution is 0.299. The highest BCUT2D eigenvalue weighted by atomic mass is 19.1. The Balaban J connectivity index is 1.25. The minimum Gasteiger partial charge on any atom is -0.489 e. The molecule has 0 bridgehead atoms. The van der Waals surface area contributed by atoms with Crippen molar-refractivity contribution >= 4 is 11.0 Å². The third-order valence-electron chi connectivity index (χ3n) is 6.09. The molecule has 0 radical (unpaired) electrons. The Hall–Kier alpha value is -3.14. The number of fused-ring (bicyclic) bond motifs is 4. The molecule has 2 atom stereocenters. The normalized spacial score (nSPS) is 19.5. The van der Waals surface area contributed by atoms with Crippen LogP contribution >= 0.6 is 0 Å². The van der Waals surface area contributed by atoms with Gasteiger partial charge >= 0.3 is 0 Å². The van der Waals surface area contributed by atoms with Gasteiger partial charge in [-0.3, -0.25) is 0 Å². The summed E-state index contributed by atoms with van der Waals surface area (Å²) in [4.78, 5) is 7.51. The van der Waals surface area contributed by atoms with Crippen molar-refractivity contribution in [2.75, 3.05) is 0 Å². The number of pyridine rings is 1. The van der Waals surface area contributed by atoms with Gasteiger partial charge in [0.15, 0.2) is 0 Å². The predicted molar refractivity (Wildman–Crippen MR) is 107 cm³/mol. The van der Waals surface area contributed by atoms with E-state index in [1.165, 1.54) is 23.6 Å². The molecule has 4 heteroatoms. The van der Waals surface area contributed by atoms with Gasteiger partial charge in [-0.25, -0.2) is 9.37 Å². The zero-order valence-electron chi connectivity index (χ0n) is 15.3. The smallest absolute Gasteiger partial charge is 0.137 e. The van der Waals surface area contributed by atoms with Crippen LogP contribution < -0.4 is 4.74 Å². The zero-order valence-corrected chi connectivity index (χ0v) is 15.3. The average Bonchev–Trinajstić information content (AvgIpc) is 3.17. The molecule has 2 heterocycles. The van der Waals surface area contributed by atoms with Crippen molar-refractivity contribution in [3.8, 4) is 16.9 Å². The maximum absolute atomic E-state index is 14.4. The summed E-state index contributed by atoms with van der Waals surface area (Å²) in [5.41, 5.74) is 6.19. The lowest BCUT2D eigenvalue weighted by Gasteiger charge is -2.11. The standard InChI is InChI=1S/C24H19FN2O/c25-23-4-1-14(18-8-15-5-6-26-24(15)27-12-18)7-19(23)13-28-20-2-3-21-16(10-20)9-17-11-22(17)21/h1-8,10,12,17,22H,9,11,13H2,(H,26,27)/t17-,22-/m0/s1. The van der Waals surface area contributed by atoms with Crippen LogP contribution in [0.15, 0.2) is 60.9 Å². The molecule has 2 aromatic carbocycles. The number of halogens is 1. The highest BCUT2D eigenvalue weighted by Crippen LogP contribution is 2.56. The van der Waals surface area contributed by atoms with Gasteiger partial charge < -0.3 is 9.72 Å². The van der Waals surface area contributed by atoms with Gasteiger partial charge in [0.05, 0.1) is 0 Å². The number of rotatable bonds is 4. The Kier molecular flexibility index (Phi) is 3.36. The van der Waals surface area contributed by atoms with Crippen LogP contribution in [0.1, 0.15) is 29.0 Å². The average molecular weight is 370 g/mol. The number of nitrogens with zero attached hydrogens (tertiary/aromatic N) is 1. The number of benzene rings is 2. The molecule has 0 amide bonds. The van der Waals surface area contributed by atoms with Gasteiger partial charge in [0, 0.05) is 28.9 Å². The van der Waals surface area contributed by atoms with E-state index in [0.717, 1.165) is 46.2 Å². The SMILES string of the molecule is Fc1ccc(-c2cnc3[nH]ccc3c2)cc1COc1ccc2c(c1)C[C@H]1C[C@H]21. The van der Waals surface area contributed by atoms with Crippen LogP contribution in [0.25, 0.3) is 22.2 Å². The van der Waals surface area contributed by atoms with Crippen LogP contribution in [-0.2, 0) is 13.0 Å². The fraction of sp³-hybridized carbons (Fsp3) is 0.208. The van der Waals surface area contributed by atoms with E-state index in [9.17, 15) is 4.39 Å². The molecule has 2 aliphatic rings. The molecule has 0 unspecified atom stereocenters. The van der Waals surface area contributed by atoms with Crippen molar-refractivity contribution in [2.45, 2.75) is 25.4 Å². The molecule has 4 aromatic rings. The van der Waals surface area contributed by atoms with Crippen molar-refractivity contribution in [3.63, 3.8) is 0 Å². The topological polar surface area (TPSA) is 37.9 Å². The maximum Gasteiger partial charge on any atom is 0.137 e. The molecule has 2 aliphatic carbocycles. The fourth-order valence-corrected chi connectivity index (χ4v) is 4.47. The predicted octanol–water partition coefficient (Wildman–Crippen LogP) is 5.61. The fourth-order valence-electron chi connectivity index (χ4n) is 4.47. The molecule has 6 rings (SSSR count). The van der Waals surface area contributed by atoms with Gasteiger partial charge in [-0.15, -0.1) is 0 Å². The lowest BCUT2D eigenvalue weighted by Crippen LogP contribution is -2.00. The van der Waals surface area contributed by atoms with Crippen molar-refractivity contribution in [1.29, 1.82) is 0 Å². The van der Waals surface area contributed by atoms with E-state index in [2.05, 4.69) is 28.2 Å². The summed E-state index contributed by atoms with van der Waals surface area (Å²) in [6, 6.07) is 15.5. The van der Waals surface area contributed by atoms with Gasteiger partial charge in [-0.1, -0.05) is 12.1 Å². The summed E-state index contributed by atoms with van der Waals surface area (Å²) >= 11 is 0. The minimum atomic E-state index is -0.248. The van der Waals surface area contributed by atoms with Gasteiger partial charge in [0.1, 0.15) is 23.8 Å². The Bertz CT molecular complexity index is 1210. The Morgan fingerprint density at radius 1 is 1.07 bits per heavy atom. The molecule has 1 saturated carbocycles. The van der Waals surface area contributed by atoms with Gasteiger partial charge in [-0.2, -0.15) is 0 Å². The molecular weight excluding hydrogens is 351 g/mol. The van der Waals surface area contributed by atoms with Crippen molar-refractivity contribution < 1.29 is 9.13 Å². The Morgan fingerprint density at radius 2 is 2.04 bits per heavy atom. The third kappa shape index (κ3) is 2.60. The van der Waals surface area contributed by atoms with Gasteiger partial charge in [-0.05, 0) is 77.8 Å². The van der Waals surface area contributed by atoms with Crippen LogP contribution in [0.2, 0.25) is 0 Å². The van der Waals surface area contributed by atoms with Crippen molar-refractivity contribution in [1.82, 2.24) is 9.97 Å². The van der Waals surface area contributed by atoms with E-state index in [-0.39, 0.29) is 12.4 Å². The number of hydrogen-bond donors (Lipinski definition) is 1. The van der Waals surface area contributed by atoms with Crippen LogP contribution in [0.4, 0.5) is 4.39 Å². The monoisotopic (exact) mass is 370 g/mol. The second-order valence-electron chi connectivity index (χ2n) is 7.90. The van der Waals surface area contributed by atoms with Crippen molar-refractivity contribution in [2.24, 2.45) is 5.92 Å². The van der Waals surface area contributed by atoms with Crippen LogP contribution in [0, 0.1) is 11.7 Å². The molecule has 28 heavy (non-hydrogen) atoms. The first kappa shape index (κ1) is 15.9. The molecular formula is C24H19FN2O. The third-order valence-corrected chi connectivity index (χ3v) is 6.09. The summed E-state index contributed by atoms with van der Waals surface area (Å²) in [5, 5.41) is 1.04. The quantitative estimate of drug-likeness (QED) is 0.507. The number of aromatic nitrogens is 2. The Morgan fingerprint density at radius 3 is 3.00 bits per heavy atom. The molecule has 0 spiro atoms. The van der Waals surface area contributed by atoms with E-state index < -0.39 is 0 Å². The highest BCUT2D eigenvalue weighted by Gasteiger charge is 2.44. The largest absolute Gasteiger partial charge is 0.489 e. The number of H-pyrrole nitrogens is 1. The highest BCUT2D eigenvalue weighted by molar-refractivity contribution is 5.81. The molecule has 0 saturated heterocycles. The van der Waals surface area contributed by atoms with E-state index >= 15 is 0 Å². The summed E-state index contributed by atoms with van der Waals surface area (Å²) < 4.78 is 20.3. The molecule has 0 aliphatic heterocycles. The van der Waals surface area contributed by atoms with E-state index in [0.29, 0.717) is 5.56 Å². The van der Waals surface area contributed by atoms with Crippen LogP contribution in [0.5, 0.6) is 5.75 Å². The number of ether oxygens (including phenoxy) is 1. The molecule has 3 nitrogen and oxygen atoms in total. The maximum atomic E-state index is 14.4. The Labute approximate surface area is 162 Å². The summed E-state index contributed by atoms with van der Waals surface area (Å²) in [5.74, 6) is 2.21. The van der Waals surface area contributed by atoms with E-state index in [1.807, 2.05) is 30.6 Å². The van der Waals surface area contributed by atoms with Crippen LogP contribution in [-0.4, -0.2) is 9.97 Å². The first-order valence-electron chi connectivity index (χ1n) is 9.72. The molecule has 138 valence electrons. The zero-order chi connectivity index (χ0) is 18.7. The minimum absolute atomic E-state index is 0.213. The first-order valence-corrected chi connectivity index (χ1v) is 9.72. The summed E-state index contributed by atoms with van der Waals surface area (Å²) in [6.45, 7) is 0.213. The van der Waals surface area contributed by atoms with Crippen LogP contribution in [0.3, 0.4) is 0 Å². The summed E-state index contributed by atoms with van der Waals surface area (Å²) in [6.07, 6.45) is 6.18. The molecule has 1 N–H and O–H groups in total. The number of aromatic amines is 1. The molecule has 1 fully saturated rings.